The highest BCUT2D eigenvalue weighted by Crippen LogP contribution is 2.54. The van der Waals surface area contributed by atoms with Gasteiger partial charge in [0, 0.05) is 46.6 Å². The van der Waals surface area contributed by atoms with Crippen LogP contribution in [0.5, 0.6) is 11.5 Å². The number of anilines is 3. The van der Waals surface area contributed by atoms with Crippen LogP contribution in [0.15, 0.2) is 132 Å². The van der Waals surface area contributed by atoms with Gasteiger partial charge in [-0.05, 0) is 66.2 Å². The molecule has 46 heavy (non-hydrogen) atoms. The Hall–Kier alpha value is -5.88. The maximum absolute atomic E-state index is 6.52. The first-order valence-electron chi connectivity index (χ1n) is 15.5. The third kappa shape index (κ3) is 3.90. The normalized spacial score (nSPS) is 13.7. The standard InChI is InChI=1S/C40H30N4O2/c1-40(2)30-16-10-22-41-39(30)44(33-20-21-35-36(37(33)40)29-15-4-7-19-34(29)46-35)26-12-9-14-28(24-26)45-27-13-8-11-25(23-27)38-42-31-17-5-6-18-32(31)43(38)3/h4-24H,1-3H3. The van der Waals surface area contributed by atoms with E-state index in [1.807, 2.05) is 80.0 Å². The number of rotatable bonds is 4. The van der Waals surface area contributed by atoms with E-state index in [2.05, 4.69) is 77.9 Å². The van der Waals surface area contributed by atoms with E-state index >= 15 is 0 Å². The average Bonchev–Trinajstić information content (AvgIpc) is 3.63. The Kier molecular flexibility index (Phi) is 5.66. The summed E-state index contributed by atoms with van der Waals surface area (Å²) in [5.74, 6) is 3.28. The summed E-state index contributed by atoms with van der Waals surface area (Å²) in [6, 6.07) is 41.2. The molecule has 0 atom stereocenters. The third-order valence-electron chi connectivity index (χ3n) is 9.25. The molecule has 0 aliphatic carbocycles. The topological polar surface area (TPSA) is 56.3 Å². The minimum absolute atomic E-state index is 0.314. The first kappa shape index (κ1) is 26.5. The van der Waals surface area contributed by atoms with Crippen molar-refractivity contribution in [2.45, 2.75) is 19.3 Å². The highest BCUT2D eigenvalue weighted by Gasteiger charge is 2.40. The summed E-state index contributed by atoms with van der Waals surface area (Å²) in [5.41, 5.74) is 8.94. The highest BCUT2D eigenvalue weighted by atomic mass is 16.5. The minimum atomic E-state index is -0.314. The highest BCUT2D eigenvalue weighted by molar-refractivity contribution is 6.10. The van der Waals surface area contributed by atoms with E-state index in [1.54, 1.807) is 0 Å². The molecule has 6 nitrogen and oxygen atoms in total. The van der Waals surface area contributed by atoms with Crippen LogP contribution in [0.4, 0.5) is 17.2 Å². The Morgan fingerprint density at radius 3 is 2.43 bits per heavy atom. The number of hydrogen-bond donors (Lipinski definition) is 0. The van der Waals surface area contributed by atoms with Crippen LogP contribution in [-0.4, -0.2) is 14.5 Å². The van der Waals surface area contributed by atoms with Gasteiger partial charge in [-0.15, -0.1) is 0 Å². The number of aromatic nitrogens is 3. The molecule has 0 saturated carbocycles. The number of pyridine rings is 1. The lowest BCUT2D eigenvalue weighted by molar-refractivity contribution is 0.483. The zero-order valence-electron chi connectivity index (χ0n) is 25.7. The van der Waals surface area contributed by atoms with Gasteiger partial charge in [-0.2, -0.15) is 0 Å². The van der Waals surface area contributed by atoms with Crippen molar-refractivity contribution in [3.8, 4) is 22.9 Å². The Morgan fingerprint density at radius 2 is 1.54 bits per heavy atom. The van der Waals surface area contributed by atoms with Crippen molar-refractivity contribution >= 4 is 50.2 Å². The van der Waals surface area contributed by atoms with Crippen molar-refractivity contribution < 1.29 is 9.15 Å². The summed E-state index contributed by atoms with van der Waals surface area (Å²) in [5, 5.41) is 2.26. The Labute approximate surface area is 266 Å². The van der Waals surface area contributed by atoms with Crippen LogP contribution in [0.3, 0.4) is 0 Å². The Bertz CT molecular complexity index is 2470. The van der Waals surface area contributed by atoms with Gasteiger partial charge in [0.05, 0.1) is 22.4 Å². The molecule has 0 saturated heterocycles. The van der Waals surface area contributed by atoms with Crippen LogP contribution >= 0.6 is 0 Å². The fraction of sp³-hybridized carbons (Fsp3) is 0.100. The van der Waals surface area contributed by atoms with Crippen LogP contribution in [0.1, 0.15) is 25.0 Å². The SMILES string of the molecule is Cn1c(-c2cccc(Oc3cccc(N4c5ccc6oc7ccccc7c6c5C(C)(C)c5cccnc54)c3)c2)nc2ccccc21. The maximum atomic E-state index is 6.52. The molecule has 0 bridgehead atoms. The summed E-state index contributed by atoms with van der Waals surface area (Å²) in [7, 11) is 2.05. The monoisotopic (exact) mass is 598 g/mol. The number of para-hydroxylation sites is 3. The molecule has 6 heteroatoms. The third-order valence-corrected chi connectivity index (χ3v) is 9.25. The van der Waals surface area contributed by atoms with Gasteiger partial charge in [-0.25, -0.2) is 9.97 Å². The Balaban J connectivity index is 1.16. The van der Waals surface area contributed by atoms with Crippen LogP contribution in [-0.2, 0) is 12.5 Å². The summed E-state index contributed by atoms with van der Waals surface area (Å²) in [6.07, 6.45) is 1.87. The number of nitrogens with zero attached hydrogens (tertiary/aromatic N) is 4. The fourth-order valence-corrected chi connectivity index (χ4v) is 7.12. The van der Waals surface area contributed by atoms with E-state index in [4.69, 9.17) is 19.1 Å². The van der Waals surface area contributed by atoms with Crippen molar-refractivity contribution in [2.75, 3.05) is 4.90 Å². The Morgan fingerprint density at radius 1 is 0.739 bits per heavy atom. The quantitative estimate of drug-likeness (QED) is 0.202. The van der Waals surface area contributed by atoms with Gasteiger partial charge in [0.15, 0.2) is 0 Å². The molecule has 0 radical (unpaired) electrons. The van der Waals surface area contributed by atoms with Gasteiger partial charge in [0.2, 0.25) is 0 Å². The first-order valence-corrected chi connectivity index (χ1v) is 15.5. The van der Waals surface area contributed by atoms with E-state index in [9.17, 15) is 0 Å². The van der Waals surface area contributed by atoms with Gasteiger partial charge < -0.3 is 13.7 Å². The molecular weight excluding hydrogens is 568 g/mol. The van der Waals surface area contributed by atoms with Crippen molar-refractivity contribution in [3.05, 3.63) is 139 Å². The van der Waals surface area contributed by atoms with Crippen molar-refractivity contribution in [1.29, 1.82) is 0 Å². The average molecular weight is 599 g/mol. The second kappa shape index (κ2) is 9.81. The molecular formula is C40H30N4O2. The molecule has 9 rings (SSSR count). The minimum Gasteiger partial charge on any atom is -0.457 e. The van der Waals surface area contributed by atoms with Crippen molar-refractivity contribution in [1.82, 2.24) is 14.5 Å². The largest absolute Gasteiger partial charge is 0.457 e. The number of aryl methyl sites for hydroxylation is 1. The summed E-state index contributed by atoms with van der Waals surface area (Å²) in [6.45, 7) is 4.56. The number of benzene rings is 5. The number of fused-ring (bicyclic) bond motifs is 7. The molecule has 0 unspecified atom stereocenters. The predicted molar refractivity (Wildman–Crippen MR) is 185 cm³/mol. The van der Waals surface area contributed by atoms with Gasteiger partial charge in [-0.3, -0.25) is 4.90 Å². The smallest absolute Gasteiger partial charge is 0.141 e. The van der Waals surface area contributed by atoms with Gasteiger partial charge in [0.25, 0.3) is 0 Å². The van der Waals surface area contributed by atoms with Crippen molar-refractivity contribution in [3.63, 3.8) is 0 Å². The molecule has 3 aromatic heterocycles. The summed E-state index contributed by atoms with van der Waals surface area (Å²) in [4.78, 5) is 12.1. The molecule has 5 aromatic carbocycles. The molecule has 0 N–H and O–H groups in total. The lowest BCUT2D eigenvalue weighted by atomic mass is 9.73. The lowest BCUT2D eigenvalue weighted by Crippen LogP contribution is -2.31. The van der Waals surface area contributed by atoms with E-state index < -0.39 is 0 Å². The molecule has 0 spiro atoms. The number of hydrogen-bond acceptors (Lipinski definition) is 5. The first-order chi connectivity index (χ1) is 22.5. The molecule has 1 aliphatic rings. The van der Waals surface area contributed by atoms with Crippen LogP contribution < -0.4 is 9.64 Å². The van der Waals surface area contributed by atoms with Gasteiger partial charge in [0.1, 0.15) is 34.3 Å². The summed E-state index contributed by atoms with van der Waals surface area (Å²) < 4.78 is 15.0. The number of furan rings is 1. The van der Waals surface area contributed by atoms with E-state index in [0.29, 0.717) is 0 Å². The zero-order chi connectivity index (χ0) is 31.0. The second-order valence-corrected chi connectivity index (χ2v) is 12.4. The van der Waals surface area contributed by atoms with E-state index in [0.717, 1.165) is 78.6 Å². The molecule has 222 valence electrons. The molecule has 4 heterocycles. The lowest BCUT2D eigenvalue weighted by Gasteiger charge is -2.41. The molecule has 0 fully saturated rings. The zero-order valence-corrected chi connectivity index (χ0v) is 25.7. The summed E-state index contributed by atoms with van der Waals surface area (Å²) >= 11 is 0. The maximum Gasteiger partial charge on any atom is 0.141 e. The number of ether oxygens (including phenoxy) is 1. The van der Waals surface area contributed by atoms with E-state index in [1.165, 1.54) is 5.56 Å². The predicted octanol–water partition coefficient (Wildman–Crippen LogP) is 10.4. The fourth-order valence-electron chi connectivity index (χ4n) is 7.12. The van der Waals surface area contributed by atoms with Crippen molar-refractivity contribution in [2.24, 2.45) is 7.05 Å². The van der Waals surface area contributed by atoms with Crippen LogP contribution in [0.2, 0.25) is 0 Å². The van der Waals surface area contributed by atoms with Gasteiger partial charge in [-0.1, -0.05) is 68.4 Å². The molecule has 0 amide bonds. The van der Waals surface area contributed by atoms with Crippen LogP contribution in [0, 0.1) is 0 Å². The number of imidazole rings is 1. The van der Waals surface area contributed by atoms with E-state index in [-0.39, 0.29) is 5.41 Å². The second-order valence-electron chi connectivity index (χ2n) is 12.4. The van der Waals surface area contributed by atoms with Crippen LogP contribution in [0.25, 0.3) is 44.4 Å². The molecule has 1 aliphatic heterocycles. The van der Waals surface area contributed by atoms with Gasteiger partial charge >= 0.3 is 0 Å². The molecule has 8 aromatic rings.